The zero-order chi connectivity index (χ0) is 19.5. The van der Waals surface area contributed by atoms with Crippen LogP contribution in [0.15, 0.2) is 59.5 Å². The summed E-state index contributed by atoms with van der Waals surface area (Å²) in [5.41, 5.74) is 6.37. The molecule has 1 aliphatic rings. The van der Waals surface area contributed by atoms with Crippen LogP contribution in [0.2, 0.25) is 0 Å². The molecule has 0 aromatic heterocycles. The molecule has 0 saturated heterocycles. The smallest absolute Gasteiger partial charge is 0.264 e. The second-order valence-electron chi connectivity index (χ2n) is 6.98. The summed E-state index contributed by atoms with van der Waals surface area (Å²) >= 11 is 0. The number of rotatable bonds is 6. The monoisotopic (exact) mass is 387 g/mol. The number of amides is 1. The standard InChI is InChI=1S/C20H25N3O3S/c1-23(17-9-3-2-4-10-17)27(25,26)18-11-7-8-16(14-18)19(24)22-20(15-21)12-5-6-13-20/h2-4,7-11,14H,5-6,12-13,15,21H2,1H3,(H,22,24). The van der Waals surface area contributed by atoms with Gasteiger partial charge in [-0.3, -0.25) is 9.10 Å². The van der Waals surface area contributed by atoms with Gasteiger partial charge in [0, 0.05) is 19.2 Å². The summed E-state index contributed by atoms with van der Waals surface area (Å²) in [6.07, 6.45) is 3.77. The largest absolute Gasteiger partial charge is 0.345 e. The molecule has 1 saturated carbocycles. The van der Waals surface area contributed by atoms with Gasteiger partial charge in [-0.25, -0.2) is 8.42 Å². The quantitative estimate of drug-likeness (QED) is 0.797. The molecule has 1 amide bonds. The van der Waals surface area contributed by atoms with Gasteiger partial charge < -0.3 is 11.1 Å². The van der Waals surface area contributed by atoms with E-state index in [0.717, 1.165) is 25.7 Å². The van der Waals surface area contributed by atoms with E-state index in [1.165, 1.54) is 23.5 Å². The van der Waals surface area contributed by atoms with Gasteiger partial charge in [0.1, 0.15) is 0 Å². The Bertz CT molecular complexity index is 907. The highest BCUT2D eigenvalue weighted by molar-refractivity contribution is 7.92. The van der Waals surface area contributed by atoms with E-state index in [2.05, 4.69) is 5.32 Å². The van der Waals surface area contributed by atoms with Crippen molar-refractivity contribution in [2.24, 2.45) is 5.73 Å². The number of nitrogens with one attached hydrogen (secondary N) is 1. The molecular weight excluding hydrogens is 362 g/mol. The van der Waals surface area contributed by atoms with E-state index in [1.54, 1.807) is 36.4 Å². The van der Waals surface area contributed by atoms with Crippen LogP contribution in [0, 0.1) is 0 Å². The second-order valence-corrected chi connectivity index (χ2v) is 8.95. The molecule has 2 aromatic carbocycles. The van der Waals surface area contributed by atoms with Crippen LogP contribution in [0.4, 0.5) is 5.69 Å². The predicted octanol–water partition coefficient (Wildman–Crippen LogP) is 2.51. The van der Waals surface area contributed by atoms with Gasteiger partial charge in [0.25, 0.3) is 15.9 Å². The summed E-state index contributed by atoms with van der Waals surface area (Å²) < 4.78 is 27.1. The van der Waals surface area contributed by atoms with Gasteiger partial charge in [-0.1, -0.05) is 37.1 Å². The third-order valence-corrected chi connectivity index (χ3v) is 6.99. The number of hydrogen-bond donors (Lipinski definition) is 2. The Labute approximate surface area is 160 Å². The highest BCUT2D eigenvalue weighted by atomic mass is 32.2. The molecule has 2 aromatic rings. The highest BCUT2D eigenvalue weighted by Crippen LogP contribution is 2.29. The summed E-state index contributed by atoms with van der Waals surface area (Å²) in [6.45, 7) is 0.382. The zero-order valence-electron chi connectivity index (χ0n) is 15.4. The molecule has 144 valence electrons. The summed E-state index contributed by atoms with van der Waals surface area (Å²) in [5, 5.41) is 3.03. The maximum absolute atomic E-state index is 12.9. The zero-order valence-corrected chi connectivity index (χ0v) is 16.2. The van der Waals surface area contributed by atoms with Crippen molar-refractivity contribution in [2.75, 3.05) is 17.9 Å². The second kappa shape index (κ2) is 7.70. The van der Waals surface area contributed by atoms with Gasteiger partial charge >= 0.3 is 0 Å². The fourth-order valence-corrected chi connectivity index (χ4v) is 4.72. The van der Waals surface area contributed by atoms with Crippen LogP contribution >= 0.6 is 0 Å². The number of benzene rings is 2. The fraction of sp³-hybridized carbons (Fsp3) is 0.350. The Hall–Kier alpha value is -2.38. The van der Waals surface area contributed by atoms with E-state index in [-0.39, 0.29) is 16.3 Å². The molecule has 0 unspecified atom stereocenters. The fourth-order valence-electron chi connectivity index (χ4n) is 3.48. The van der Waals surface area contributed by atoms with E-state index < -0.39 is 10.0 Å². The highest BCUT2D eigenvalue weighted by Gasteiger charge is 2.34. The first kappa shape index (κ1) is 19.4. The molecule has 3 N–H and O–H groups in total. The number of anilines is 1. The lowest BCUT2D eigenvalue weighted by molar-refractivity contribution is 0.0903. The van der Waals surface area contributed by atoms with Crippen LogP contribution in [0.1, 0.15) is 36.0 Å². The van der Waals surface area contributed by atoms with Crippen molar-refractivity contribution < 1.29 is 13.2 Å². The number of hydrogen-bond acceptors (Lipinski definition) is 4. The van der Waals surface area contributed by atoms with Crippen LogP contribution < -0.4 is 15.4 Å². The van der Waals surface area contributed by atoms with E-state index in [0.29, 0.717) is 17.8 Å². The molecule has 1 aliphatic carbocycles. The maximum atomic E-state index is 12.9. The Morgan fingerprint density at radius 3 is 2.41 bits per heavy atom. The number of carbonyl (C=O) groups is 1. The molecule has 1 fully saturated rings. The van der Waals surface area contributed by atoms with E-state index in [4.69, 9.17) is 5.73 Å². The van der Waals surface area contributed by atoms with Crippen molar-refractivity contribution in [2.45, 2.75) is 36.1 Å². The number of nitrogens with zero attached hydrogens (tertiary/aromatic N) is 1. The lowest BCUT2D eigenvalue weighted by Crippen LogP contribution is -2.51. The van der Waals surface area contributed by atoms with E-state index in [1.807, 2.05) is 6.07 Å². The lowest BCUT2D eigenvalue weighted by Gasteiger charge is -2.28. The van der Waals surface area contributed by atoms with Crippen LogP contribution in [-0.2, 0) is 10.0 Å². The summed E-state index contributed by atoms with van der Waals surface area (Å²) in [6, 6.07) is 14.9. The van der Waals surface area contributed by atoms with Gasteiger partial charge in [-0.15, -0.1) is 0 Å². The third kappa shape index (κ3) is 3.99. The third-order valence-electron chi connectivity index (χ3n) is 5.20. The molecule has 0 spiro atoms. The molecule has 0 aliphatic heterocycles. The molecule has 0 heterocycles. The van der Waals surface area contributed by atoms with Crippen molar-refractivity contribution in [1.82, 2.24) is 5.32 Å². The SMILES string of the molecule is CN(c1ccccc1)S(=O)(=O)c1cccc(C(=O)NC2(CN)CCCC2)c1. The Morgan fingerprint density at radius 2 is 1.78 bits per heavy atom. The molecule has 0 atom stereocenters. The molecular formula is C20H25N3O3S. The van der Waals surface area contributed by atoms with Crippen LogP contribution in [-0.4, -0.2) is 33.5 Å². The Balaban J connectivity index is 1.85. The van der Waals surface area contributed by atoms with Crippen LogP contribution in [0.5, 0.6) is 0 Å². The first-order chi connectivity index (χ1) is 12.9. The van der Waals surface area contributed by atoms with Gasteiger partial charge in [0.2, 0.25) is 0 Å². The minimum atomic E-state index is -3.77. The van der Waals surface area contributed by atoms with E-state index >= 15 is 0 Å². The van der Waals surface area contributed by atoms with Crippen LogP contribution in [0.3, 0.4) is 0 Å². The van der Waals surface area contributed by atoms with Crippen molar-refractivity contribution in [1.29, 1.82) is 0 Å². The van der Waals surface area contributed by atoms with Crippen molar-refractivity contribution >= 4 is 21.6 Å². The number of nitrogens with two attached hydrogens (primary N) is 1. The topological polar surface area (TPSA) is 92.5 Å². The average Bonchev–Trinajstić information content (AvgIpc) is 3.17. The first-order valence-electron chi connectivity index (χ1n) is 9.05. The van der Waals surface area contributed by atoms with Crippen LogP contribution in [0.25, 0.3) is 0 Å². The summed E-state index contributed by atoms with van der Waals surface area (Å²) in [5.74, 6) is -0.290. The van der Waals surface area contributed by atoms with Crippen molar-refractivity contribution in [3.63, 3.8) is 0 Å². The van der Waals surface area contributed by atoms with Gasteiger partial charge in [0.05, 0.1) is 16.1 Å². The Morgan fingerprint density at radius 1 is 1.11 bits per heavy atom. The minimum Gasteiger partial charge on any atom is -0.345 e. The normalized spacial score (nSPS) is 16.1. The lowest BCUT2D eigenvalue weighted by atomic mass is 9.97. The van der Waals surface area contributed by atoms with Gasteiger partial charge in [0.15, 0.2) is 0 Å². The number of carbonyl (C=O) groups excluding carboxylic acids is 1. The maximum Gasteiger partial charge on any atom is 0.264 e. The van der Waals surface area contributed by atoms with Gasteiger partial charge in [-0.2, -0.15) is 0 Å². The summed E-state index contributed by atoms with van der Waals surface area (Å²) in [7, 11) is -2.27. The Kier molecular flexibility index (Phi) is 5.53. The number of para-hydroxylation sites is 1. The molecule has 7 heteroatoms. The molecule has 6 nitrogen and oxygen atoms in total. The summed E-state index contributed by atoms with van der Waals surface area (Å²) in [4.78, 5) is 12.8. The molecule has 0 bridgehead atoms. The molecule has 27 heavy (non-hydrogen) atoms. The molecule has 3 rings (SSSR count). The number of sulfonamides is 1. The predicted molar refractivity (Wildman–Crippen MR) is 106 cm³/mol. The first-order valence-corrected chi connectivity index (χ1v) is 10.5. The van der Waals surface area contributed by atoms with Gasteiger partial charge in [-0.05, 0) is 43.2 Å². The minimum absolute atomic E-state index is 0.0784. The van der Waals surface area contributed by atoms with E-state index in [9.17, 15) is 13.2 Å². The molecule has 0 radical (unpaired) electrons. The van der Waals surface area contributed by atoms with Crippen molar-refractivity contribution in [3.05, 3.63) is 60.2 Å². The van der Waals surface area contributed by atoms with Crippen molar-refractivity contribution in [3.8, 4) is 0 Å². The average molecular weight is 388 g/mol.